The number of benzene rings is 4. The number of fused-ring (bicyclic) bond motifs is 3. The molecule has 1 aromatic heterocycles. The average Bonchev–Trinajstić information content (AvgIpc) is 3.23. The van der Waals surface area contributed by atoms with Crippen molar-refractivity contribution in [2.75, 3.05) is 0 Å². The summed E-state index contributed by atoms with van der Waals surface area (Å²) in [5, 5.41) is 25.7. The fraction of sp³-hybridized carbons (Fsp3) is 0. The molecule has 5 aromatic rings. The standard InChI is InChI=1S/C23H15N3OS/c27-22-19-13-7-5-11-17(19)16-10-4-6-12-18(16)21(22)25-26-23-24-20(14-28-23)15-8-2-1-3-9-15/h1-14,27H. The van der Waals surface area contributed by atoms with Gasteiger partial charge >= 0.3 is 0 Å². The molecule has 28 heavy (non-hydrogen) atoms. The molecule has 0 aliphatic carbocycles. The van der Waals surface area contributed by atoms with Gasteiger partial charge in [-0.2, -0.15) is 0 Å². The van der Waals surface area contributed by atoms with Gasteiger partial charge in [-0.05, 0) is 10.8 Å². The summed E-state index contributed by atoms with van der Waals surface area (Å²) in [6, 6.07) is 25.6. The van der Waals surface area contributed by atoms with Gasteiger partial charge in [0.25, 0.3) is 0 Å². The van der Waals surface area contributed by atoms with Gasteiger partial charge in [0.15, 0.2) is 5.75 Å². The van der Waals surface area contributed by atoms with E-state index >= 15 is 0 Å². The van der Waals surface area contributed by atoms with Crippen LogP contribution < -0.4 is 0 Å². The van der Waals surface area contributed by atoms with Gasteiger partial charge in [-0.3, -0.25) is 0 Å². The Kier molecular flexibility index (Phi) is 4.07. The third-order valence-electron chi connectivity index (χ3n) is 4.68. The number of phenols is 1. The van der Waals surface area contributed by atoms with E-state index in [4.69, 9.17) is 0 Å². The number of aromatic nitrogens is 1. The predicted octanol–water partition coefficient (Wildman–Crippen LogP) is 7.24. The molecular formula is C23H15N3OS. The summed E-state index contributed by atoms with van der Waals surface area (Å²) >= 11 is 1.43. The quantitative estimate of drug-likeness (QED) is 0.264. The zero-order chi connectivity index (χ0) is 18.9. The second-order valence-corrected chi connectivity index (χ2v) is 7.21. The highest BCUT2D eigenvalue weighted by Gasteiger charge is 2.13. The normalized spacial score (nSPS) is 11.6. The smallest absolute Gasteiger partial charge is 0.230 e. The molecule has 0 aliphatic rings. The maximum absolute atomic E-state index is 10.8. The summed E-state index contributed by atoms with van der Waals surface area (Å²) in [6.45, 7) is 0. The number of phenolic OH excluding ortho intramolecular Hbond substituents is 1. The molecule has 0 aliphatic heterocycles. The predicted molar refractivity (Wildman–Crippen MR) is 115 cm³/mol. The fourth-order valence-corrected chi connectivity index (χ4v) is 3.99. The van der Waals surface area contributed by atoms with Crippen molar-refractivity contribution in [3.05, 3.63) is 84.2 Å². The summed E-state index contributed by atoms with van der Waals surface area (Å²) in [5.74, 6) is 0.137. The molecule has 134 valence electrons. The molecule has 0 fully saturated rings. The lowest BCUT2D eigenvalue weighted by Gasteiger charge is -2.09. The van der Waals surface area contributed by atoms with E-state index in [1.165, 1.54) is 11.3 Å². The van der Waals surface area contributed by atoms with Crippen molar-refractivity contribution < 1.29 is 5.11 Å². The van der Waals surface area contributed by atoms with Gasteiger partial charge < -0.3 is 5.11 Å². The van der Waals surface area contributed by atoms with Crippen molar-refractivity contribution in [1.82, 2.24) is 4.98 Å². The molecule has 5 rings (SSSR count). The highest BCUT2D eigenvalue weighted by atomic mass is 32.1. The van der Waals surface area contributed by atoms with Crippen molar-refractivity contribution in [3.8, 4) is 17.0 Å². The van der Waals surface area contributed by atoms with Crippen LogP contribution in [0.15, 0.2) is 94.5 Å². The van der Waals surface area contributed by atoms with Gasteiger partial charge in [-0.1, -0.05) is 78.9 Å². The maximum atomic E-state index is 10.8. The van der Waals surface area contributed by atoms with Crippen molar-refractivity contribution in [2.24, 2.45) is 10.2 Å². The van der Waals surface area contributed by atoms with Gasteiger partial charge in [0.1, 0.15) is 5.69 Å². The molecule has 0 saturated carbocycles. The van der Waals surface area contributed by atoms with Crippen LogP contribution in [-0.2, 0) is 0 Å². The molecule has 5 heteroatoms. The minimum atomic E-state index is 0.137. The number of azo groups is 1. The Morgan fingerprint density at radius 2 is 1.29 bits per heavy atom. The SMILES string of the molecule is Oc1c(N=Nc2nc(-c3ccccc3)cs2)c2ccccc2c2ccccc12. The van der Waals surface area contributed by atoms with Crippen LogP contribution in [0.3, 0.4) is 0 Å². The molecule has 0 unspecified atom stereocenters. The summed E-state index contributed by atoms with van der Waals surface area (Å²) in [7, 11) is 0. The lowest BCUT2D eigenvalue weighted by molar-refractivity contribution is 0.483. The van der Waals surface area contributed by atoms with Gasteiger partial charge in [0.2, 0.25) is 5.13 Å². The lowest BCUT2D eigenvalue weighted by atomic mass is 9.99. The Morgan fingerprint density at radius 3 is 2.04 bits per heavy atom. The molecular weight excluding hydrogens is 366 g/mol. The Balaban J connectivity index is 1.62. The highest BCUT2D eigenvalue weighted by Crippen LogP contribution is 2.43. The lowest BCUT2D eigenvalue weighted by Crippen LogP contribution is -1.80. The van der Waals surface area contributed by atoms with Crippen LogP contribution in [0.1, 0.15) is 0 Å². The first-order valence-corrected chi connectivity index (χ1v) is 9.74. The first-order chi connectivity index (χ1) is 13.8. The molecule has 0 atom stereocenters. The van der Waals surface area contributed by atoms with E-state index in [0.717, 1.165) is 32.8 Å². The number of rotatable bonds is 3. The summed E-state index contributed by atoms with van der Waals surface area (Å²) in [4.78, 5) is 4.54. The molecule has 0 spiro atoms. The van der Waals surface area contributed by atoms with Crippen LogP contribution in [0.25, 0.3) is 32.8 Å². The van der Waals surface area contributed by atoms with E-state index in [0.29, 0.717) is 10.8 Å². The molecule has 1 N–H and O–H groups in total. The van der Waals surface area contributed by atoms with Crippen LogP contribution in [0.5, 0.6) is 5.75 Å². The van der Waals surface area contributed by atoms with E-state index < -0.39 is 0 Å². The Bertz CT molecular complexity index is 1330. The van der Waals surface area contributed by atoms with E-state index in [1.807, 2.05) is 84.2 Å². The van der Waals surface area contributed by atoms with E-state index in [2.05, 4.69) is 15.2 Å². The van der Waals surface area contributed by atoms with Crippen LogP contribution in [0.2, 0.25) is 0 Å². The third kappa shape index (κ3) is 2.82. The van der Waals surface area contributed by atoms with Crippen LogP contribution in [-0.4, -0.2) is 10.1 Å². The van der Waals surface area contributed by atoms with Gasteiger partial charge in [-0.15, -0.1) is 21.6 Å². The monoisotopic (exact) mass is 381 g/mol. The van der Waals surface area contributed by atoms with Crippen LogP contribution in [0, 0.1) is 0 Å². The minimum absolute atomic E-state index is 0.137. The zero-order valence-corrected chi connectivity index (χ0v) is 15.6. The number of thiazole rings is 1. The van der Waals surface area contributed by atoms with Gasteiger partial charge in [0.05, 0.1) is 5.69 Å². The van der Waals surface area contributed by atoms with E-state index in [1.54, 1.807) is 0 Å². The second kappa shape index (κ2) is 6.87. The number of hydrogen-bond donors (Lipinski definition) is 1. The van der Waals surface area contributed by atoms with E-state index in [-0.39, 0.29) is 5.75 Å². The summed E-state index contributed by atoms with van der Waals surface area (Å²) in [6.07, 6.45) is 0. The molecule has 0 radical (unpaired) electrons. The molecule has 0 bridgehead atoms. The van der Waals surface area contributed by atoms with Crippen molar-refractivity contribution in [1.29, 1.82) is 0 Å². The van der Waals surface area contributed by atoms with Gasteiger partial charge in [-0.25, -0.2) is 4.98 Å². The first-order valence-electron chi connectivity index (χ1n) is 8.86. The Labute approximate surface area is 165 Å². The second-order valence-electron chi connectivity index (χ2n) is 6.37. The third-order valence-corrected chi connectivity index (χ3v) is 5.40. The minimum Gasteiger partial charge on any atom is -0.505 e. The highest BCUT2D eigenvalue weighted by molar-refractivity contribution is 7.13. The maximum Gasteiger partial charge on any atom is 0.230 e. The Hall–Kier alpha value is -3.57. The molecule has 4 nitrogen and oxygen atoms in total. The molecule has 4 aromatic carbocycles. The first kappa shape index (κ1) is 16.6. The van der Waals surface area contributed by atoms with E-state index in [9.17, 15) is 5.11 Å². The average molecular weight is 381 g/mol. The van der Waals surface area contributed by atoms with Gasteiger partial charge in [0, 0.05) is 21.7 Å². The molecule has 1 heterocycles. The summed E-state index contributed by atoms with van der Waals surface area (Å²) in [5.41, 5.74) is 2.37. The Morgan fingerprint density at radius 1 is 0.679 bits per heavy atom. The number of hydrogen-bond acceptors (Lipinski definition) is 5. The molecule has 0 saturated heterocycles. The zero-order valence-electron chi connectivity index (χ0n) is 14.8. The molecule has 0 amide bonds. The number of nitrogens with zero attached hydrogens (tertiary/aromatic N) is 3. The van der Waals surface area contributed by atoms with Crippen LogP contribution >= 0.6 is 11.3 Å². The summed E-state index contributed by atoms with van der Waals surface area (Å²) < 4.78 is 0. The van der Waals surface area contributed by atoms with Crippen molar-refractivity contribution >= 4 is 43.7 Å². The van der Waals surface area contributed by atoms with Crippen molar-refractivity contribution in [3.63, 3.8) is 0 Å². The fourth-order valence-electron chi connectivity index (χ4n) is 3.35. The van der Waals surface area contributed by atoms with Crippen LogP contribution in [0.4, 0.5) is 10.8 Å². The number of aromatic hydroxyl groups is 1. The van der Waals surface area contributed by atoms with Crippen molar-refractivity contribution in [2.45, 2.75) is 0 Å². The topological polar surface area (TPSA) is 57.8 Å². The largest absolute Gasteiger partial charge is 0.505 e.